The molecule has 1 atom stereocenters. The average molecular weight is 252 g/mol. The van der Waals surface area contributed by atoms with Crippen LogP contribution in [0.15, 0.2) is 11.4 Å². The molecule has 2 rings (SSSR count). The zero-order valence-corrected chi connectivity index (χ0v) is 11.3. The standard InChI is InChI=1S/C13H20N2OS/c1-10-6-8-17-12(10)13(16)15(2)9-11-5-3-4-7-14-11/h6,8,11,14H,3-5,7,9H2,1-2H3/t11-/m0/s1. The van der Waals surface area contributed by atoms with E-state index in [1.807, 2.05) is 30.3 Å². The Morgan fingerprint density at radius 1 is 1.59 bits per heavy atom. The topological polar surface area (TPSA) is 32.3 Å². The van der Waals surface area contributed by atoms with Gasteiger partial charge in [-0.05, 0) is 43.3 Å². The quantitative estimate of drug-likeness (QED) is 0.895. The van der Waals surface area contributed by atoms with Crippen LogP contribution in [0.25, 0.3) is 0 Å². The van der Waals surface area contributed by atoms with Gasteiger partial charge in [0.2, 0.25) is 0 Å². The number of amides is 1. The van der Waals surface area contributed by atoms with Crippen LogP contribution in [0.2, 0.25) is 0 Å². The number of likely N-dealkylation sites (N-methyl/N-ethyl adjacent to an activating group) is 1. The molecular weight excluding hydrogens is 232 g/mol. The highest BCUT2D eigenvalue weighted by atomic mass is 32.1. The summed E-state index contributed by atoms with van der Waals surface area (Å²) < 4.78 is 0. The number of nitrogens with zero attached hydrogens (tertiary/aromatic N) is 1. The molecule has 1 aliphatic rings. The number of nitrogens with one attached hydrogen (secondary N) is 1. The van der Waals surface area contributed by atoms with Gasteiger partial charge >= 0.3 is 0 Å². The number of carbonyl (C=O) groups is 1. The third-order valence-corrected chi connectivity index (χ3v) is 4.31. The van der Waals surface area contributed by atoms with E-state index >= 15 is 0 Å². The first-order valence-corrected chi connectivity index (χ1v) is 7.09. The molecule has 0 unspecified atom stereocenters. The molecule has 1 aliphatic heterocycles. The summed E-state index contributed by atoms with van der Waals surface area (Å²) in [5.74, 6) is 0.157. The van der Waals surface area contributed by atoms with Gasteiger partial charge in [0.25, 0.3) is 5.91 Å². The van der Waals surface area contributed by atoms with E-state index in [2.05, 4.69) is 5.32 Å². The van der Waals surface area contributed by atoms with Crippen molar-refractivity contribution in [2.75, 3.05) is 20.1 Å². The molecule has 0 spiro atoms. The SMILES string of the molecule is Cc1ccsc1C(=O)N(C)C[C@@H]1CCCCN1. The van der Waals surface area contributed by atoms with E-state index in [0.29, 0.717) is 6.04 Å². The molecule has 1 saturated heterocycles. The van der Waals surface area contributed by atoms with E-state index in [4.69, 9.17) is 0 Å². The van der Waals surface area contributed by atoms with Crippen molar-refractivity contribution in [1.82, 2.24) is 10.2 Å². The van der Waals surface area contributed by atoms with Gasteiger partial charge in [0, 0.05) is 19.6 Å². The van der Waals surface area contributed by atoms with Crippen LogP contribution >= 0.6 is 11.3 Å². The van der Waals surface area contributed by atoms with Crippen LogP contribution in [0.4, 0.5) is 0 Å². The summed E-state index contributed by atoms with van der Waals surface area (Å²) in [4.78, 5) is 14.9. The van der Waals surface area contributed by atoms with Crippen molar-refractivity contribution in [3.05, 3.63) is 21.9 Å². The lowest BCUT2D eigenvalue weighted by atomic mass is 10.0. The third kappa shape index (κ3) is 3.07. The Kier molecular flexibility index (Phi) is 4.18. The Balaban J connectivity index is 1.93. The predicted molar refractivity (Wildman–Crippen MR) is 71.7 cm³/mol. The predicted octanol–water partition coefficient (Wildman–Crippen LogP) is 2.27. The maximum atomic E-state index is 12.2. The minimum atomic E-state index is 0.157. The maximum absolute atomic E-state index is 12.2. The second-order valence-electron chi connectivity index (χ2n) is 4.77. The molecule has 0 aliphatic carbocycles. The van der Waals surface area contributed by atoms with Crippen molar-refractivity contribution in [1.29, 1.82) is 0 Å². The van der Waals surface area contributed by atoms with Crippen LogP contribution in [-0.4, -0.2) is 37.0 Å². The van der Waals surface area contributed by atoms with Crippen LogP contribution in [0, 0.1) is 6.92 Å². The van der Waals surface area contributed by atoms with Crippen LogP contribution in [-0.2, 0) is 0 Å². The number of aryl methyl sites for hydroxylation is 1. The van der Waals surface area contributed by atoms with Gasteiger partial charge in [0.15, 0.2) is 0 Å². The number of carbonyl (C=O) groups excluding carboxylic acids is 1. The second kappa shape index (κ2) is 5.65. The van der Waals surface area contributed by atoms with E-state index in [0.717, 1.165) is 23.5 Å². The Bertz CT molecular complexity index is 383. The molecule has 94 valence electrons. The second-order valence-corrected chi connectivity index (χ2v) is 5.68. The van der Waals surface area contributed by atoms with Gasteiger partial charge in [-0.25, -0.2) is 0 Å². The van der Waals surface area contributed by atoms with Crippen LogP contribution in [0.5, 0.6) is 0 Å². The highest BCUT2D eigenvalue weighted by molar-refractivity contribution is 7.12. The molecule has 4 heteroatoms. The molecule has 0 radical (unpaired) electrons. The van der Waals surface area contributed by atoms with Crippen molar-refractivity contribution in [3.63, 3.8) is 0 Å². The van der Waals surface area contributed by atoms with Crippen molar-refractivity contribution in [2.45, 2.75) is 32.2 Å². The molecule has 0 saturated carbocycles. The van der Waals surface area contributed by atoms with Gasteiger partial charge in [0.05, 0.1) is 4.88 Å². The summed E-state index contributed by atoms with van der Waals surface area (Å²) in [7, 11) is 1.90. The van der Waals surface area contributed by atoms with Crippen molar-refractivity contribution in [2.24, 2.45) is 0 Å². The lowest BCUT2D eigenvalue weighted by Crippen LogP contribution is -2.44. The highest BCUT2D eigenvalue weighted by Gasteiger charge is 2.20. The zero-order valence-electron chi connectivity index (χ0n) is 10.5. The molecule has 17 heavy (non-hydrogen) atoms. The molecule has 1 N–H and O–H groups in total. The van der Waals surface area contributed by atoms with Crippen molar-refractivity contribution >= 4 is 17.2 Å². The van der Waals surface area contributed by atoms with Crippen molar-refractivity contribution in [3.8, 4) is 0 Å². The molecule has 1 aromatic rings. The first kappa shape index (κ1) is 12.6. The minimum absolute atomic E-state index is 0.157. The lowest BCUT2D eigenvalue weighted by molar-refractivity contribution is 0.0779. The molecule has 1 aromatic heterocycles. The monoisotopic (exact) mass is 252 g/mol. The smallest absolute Gasteiger partial charge is 0.263 e. The largest absolute Gasteiger partial charge is 0.339 e. The van der Waals surface area contributed by atoms with Crippen LogP contribution in [0.1, 0.15) is 34.5 Å². The summed E-state index contributed by atoms with van der Waals surface area (Å²) in [6, 6.07) is 2.47. The first-order chi connectivity index (χ1) is 8.18. The first-order valence-electron chi connectivity index (χ1n) is 6.21. The van der Waals surface area contributed by atoms with Gasteiger partial charge in [0.1, 0.15) is 0 Å². The van der Waals surface area contributed by atoms with Gasteiger partial charge in [-0.15, -0.1) is 11.3 Å². The number of piperidine rings is 1. The molecular formula is C13H20N2OS. The summed E-state index contributed by atoms with van der Waals surface area (Å²) in [5.41, 5.74) is 1.09. The minimum Gasteiger partial charge on any atom is -0.339 e. The fourth-order valence-corrected chi connectivity index (χ4v) is 3.18. The Labute approximate surface area is 107 Å². The van der Waals surface area contributed by atoms with Gasteiger partial charge in [-0.2, -0.15) is 0 Å². The molecule has 0 aromatic carbocycles. The van der Waals surface area contributed by atoms with E-state index in [1.165, 1.54) is 30.6 Å². The van der Waals surface area contributed by atoms with Crippen molar-refractivity contribution < 1.29 is 4.79 Å². The zero-order chi connectivity index (χ0) is 12.3. The van der Waals surface area contributed by atoms with Crippen LogP contribution in [0.3, 0.4) is 0 Å². The lowest BCUT2D eigenvalue weighted by Gasteiger charge is -2.28. The fourth-order valence-electron chi connectivity index (χ4n) is 2.26. The molecule has 0 bridgehead atoms. The van der Waals surface area contributed by atoms with E-state index in [9.17, 15) is 4.79 Å². The average Bonchev–Trinajstić information content (AvgIpc) is 2.76. The summed E-state index contributed by atoms with van der Waals surface area (Å²) in [6.07, 6.45) is 3.72. The summed E-state index contributed by atoms with van der Waals surface area (Å²) >= 11 is 1.54. The highest BCUT2D eigenvalue weighted by Crippen LogP contribution is 2.18. The van der Waals surface area contributed by atoms with E-state index in [-0.39, 0.29) is 5.91 Å². The maximum Gasteiger partial charge on any atom is 0.263 e. The van der Waals surface area contributed by atoms with Gasteiger partial charge < -0.3 is 10.2 Å². The normalized spacial score (nSPS) is 20.2. The fraction of sp³-hybridized carbons (Fsp3) is 0.615. The molecule has 1 amide bonds. The van der Waals surface area contributed by atoms with E-state index < -0.39 is 0 Å². The van der Waals surface area contributed by atoms with E-state index in [1.54, 1.807) is 0 Å². The van der Waals surface area contributed by atoms with Gasteiger partial charge in [-0.1, -0.05) is 6.42 Å². The Morgan fingerprint density at radius 3 is 3.00 bits per heavy atom. The number of hydrogen-bond donors (Lipinski definition) is 1. The number of hydrogen-bond acceptors (Lipinski definition) is 3. The third-order valence-electron chi connectivity index (χ3n) is 3.31. The number of rotatable bonds is 3. The van der Waals surface area contributed by atoms with Crippen LogP contribution < -0.4 is 5.32 Å². The summed E-state index contributed by atoms with van der Waals surface area (Å²) in [6.45, 7) is 3.90. The van der Waals surface area contributed by atoms with Gasteiger partial charge in [-0.3, -0.25) is 4.79 Å². The summed E-state index contributed by atoms with van der Waals surface area (Å²) in [5, 5.41) is 5.46. The Morgan fingerprint density at radius 2 is 2.41 bits per heavy atom. The Hall–Kier alpha value is -0.870. The molecule has 3 nitrogen and oxygen atoms in total. The molecule has 1 fully saturated rings. The number of thiophene rings is 1. The molecule has 2 heterocycles.